The zero-order valence-electron chi connectivity index (χ0n) is 15.3. The summed E-state index contributed by atoms with van der Waals surface area (Å²) in [6.07, 6.45) is -0.239. The number of aryl methyl sites for hydroxylation is 1. The summed E-state index contributed by atoms with van der Waals surface area (Å²) in [5, 5.41) is 12.3. The number of nitrogens with zero attached hydrogens (tertiary/aromatic N) is 3. The highest BCUT2D eigenvalue weighted by Gasteiger charge is 2.24. The van der Waals surface area contributed by atoms with Crippen LogP contribution in [0.4, 0.5) is 17.2 Å². The van der Waals surface area contributed by atoms with Gasteiger partial charge in [0.15, 0.2) is 5.82 Å². The number of β-amino-alcohol motifs (C(OH)–C–C–N with tert-alkyl or cyclic N) is 1. The maximum absolute atomic E-state index is 11.9. The number of aliphatic hydroxyl groups is 1. The molecule has 1 aromatic heterocycles. The van der Waals surface area contributed by atoms with Gasteiger partial charge in [-0.05, 0) is 42.3 Å². The fourth-order valence-corrected chi connectivity index (χ4v) is 3.46. The van der Waals surface area contributed by atoms with Gasteiger partial charge in [0.05, 0.1) is 29.4 Å². The first-order chi connectivity index (χ1) is 13.4. The Balaban J connectivity index is 1.74. The molecule has 1 atom stereocenters. The number of hydrogen-bond donors (Lipinski definition) is 2. The summed E-state index contributed by atoms with van der Waals surface area (Å²) in [5.41, 5.74) is 3.08. The second-order valence-electron chi connectivity index (χ2n) is 6.89. The molecule has 28 heavy (non-hydrogen) atoms. The predicted molar refractivity (Wildman–Crippen MR) is 110 cm³/mol. The van der Waals surface area contributed by atoms with Crippen LogP contribution in [0.5, 0.6) is 0 Å². The maximum atomic E-state index is 11.9. The van der Waals surface area contributed by atoms with Crippen molar-refractivity contribution in [1.82, 2.24) is 9.97 Å². The van der Waals surface area contributed by atoms with Crippen LogP contribution in [0, 0.1) is 6.92 Å². The van der Waals surface area contributed by atoms with Crippen molar-refractivity contribution in [2.24, 2.45) is 4.99 Å². The van der Waals surface area contributed by atoms with Crippen LogP contribution in [-0.4, -0.2) is 27.7 Å². The molecule has 0 saturated carbocycles. The summed E-state index contributed by atoms with van der Waals surface area (Å²) in [7, 11) is 0. The summed E-state index contributed by atoms with van der Waals surface area (Å²) in [6.45, 7) is 6.13. The Kier molecular flexibility index (Phi) is 4.75. The molecule has 7 heteroatoms. The number of hydrogen-bond acceptors (Lipinski definition) is 5. The van der Waals surface area contributed by atoms with Crippen LogP contribution in [-0.2, 0) is 6.42 Å². The lowest BCUT2D eigenvalue weighted by atomic mass is 10.1. The molecule has 2 aromatic carbocycles. The average molecular weight is 395 g/mol. The van der Waals surface area contributed by atoms with Crippen LogP contribution in [0.2, 0.25) is 5.02 Å². The van der Waals surface area contributed by atoms with Gasteiger partial charge in [0, 0.05) is 11.4 Å². The lowest BCUT2D eigenvalue weighted by Gasteiger charge is -2.30. The monoisotopic (exact) mass is 394 g/mol. The molecular formula is C21H19ClN4O2. The van der Waals surface area contributed by atoms with E-state index in [0.29, 0.717) is 28.0 Å². The van der Waals surface area contributed by atoms with E-state index in [1.165, 1.54) is 0 Å². The van der Waals surface area contributed by atoms with Gasteiger partial charge in [-0.1, -0.05) is 36.4 Å². The van der Waals surface area contributed by atoms with Gasteiger partial charge >= 0.3 is 5.69 Å². The third-order valence-electron chi connectivity index (χ3n) is 4.65. The van der Waals surface area contributed by atoms with E-state index in [4.69, 9.17) is 11.6 Å². The van der Waals surface area contributed by atoms with Crippen molar-refractivity contribution in [3.63, 3.8) is 0 Å². The molecule has 0 aliphatic carbocycles. The number of benzene rings is 2. The molecule has 2 heterocycles. The molecule has 1 aliphatic rings. The number of rotatable bonds is 4. The van der Waals surface area contributed by atoms with Gasteiger partial charge < -0.3 is 15.0 Å². The largest absolute Gasteiger partial charge is 0.391 e. The number of aromatic amines is 1. The zero-order valence-corrected chi connectivity index (χ0v) is 16.1. The van der Waals surface area contributed by atoms with Gasteiger partial charge in [-0.15, -0.1) is 0 Å². The van der Waals surface area contributed by atoms with E-state index >= 15 is 0 Å². The smallest absolute Gasteiger partial charge is 0.347 e. The van der Waals surface area contributed by atoms with Crippen molar-refractivity contribution in [2.75, 3.05) is 11.4 Å². The van der Waals surface area contributed by atoms with Gasteiger partial charge in [-0.3, -0.25) is 0 Å². The molecule has 4 rings (SSSR count). The van der Waals surface area contributed by atoms with Crippen molar-refractivity contribution in [3.8, 4) is 0 Å². The lowest BCUT2D eigenvalue weighted by Crippen LogP contribution is -2.44. The Morgan fingerprint density at radius 1 is 1.25 bits per heavy atom. The van der Waals surface area contributed by atoms with E-state index in [-0.39, 0.29) is 6.54 Å². The van der Waals surface area contributed by atoms with Crippen molar-refractivity contribution < 1.29 is 5.11 Å². The molecule has 6 nitrogen and oxygen atoms in total. The Morgan fingerprint density at radius 2 is 2.00 bits per heavy atom. The van der Waals surface area contributed by atoms with E-state index in [9.17, 15) is 9.90 Å². The van der Waals surface area contributed by atoms with Crippen LogP contribution in [0.25, 0.3) is 6.58 Å². The Bertz CT molecular complexity index is 1200. The van der Waals surface area contributed by atoms with Gasteiger partial charge in [0.2, 0.25) is 0 Å². The molecule has 0 radical (unpaired) electrons. The Hall–Kier alpha value is -2.96. The number of aromatic nitrogens is 2. The molecule has 0 amide bonds. The molecule has 1 unspecified atom stereocenters. The summed E-state index contributed by atoms with van der Waals surface area (Å²) >= 11 is 5.93. The van der Waals surface area contributed by atoms with Crippen molar-refractivity contribution in [3.05, 3.63) is 79.8 Å². The number of anilines is 2. The standard InChI is InChI=1S/C21H19ClN4O2/c1-12-3-8-17-18(9-12)26(20-19(24-17)13(2)23-21(28)25-20)11-16(27)10-14-4-6-15(22)7-5-14/h3-9,16,27H,2,10-11H2,1H3,(H,23,28). The van der Waals surface area contributed by atoms with Crippen LogP contribution in [0.1, 0.15) is 11.1 Å². The molecule has 142 valence electrons. The highest BCUT2D eigenvalue weighted by Crippen LogP contribution is 2.35. The number of nitrogens with one attached hydrogen (secondary N) is 1. The van der Waals surface area contributed by atoms with Crippen molar-refractivity contribution in [2.45, 2.75) is 19.4 Å². The van der Waals surface area contributed by atoms with E-state index in [0.717, 1.165) is 22.5 Å². The number of H-pyrrole nitrogens is 1. The van der Waals surface area contributed by atoms with Gasteiger partial charge in [0.1, 0.15) is 5.36 Å². The Morgan fingerprint density at radius 3 is 2.75 bits per heavy atom. The second-order valence-corrected chi connectivity index (χ2v) is 7.33. The summed E-state index contributed by atoms with van der Waals surface area (Å²) < 4.78 is 0. The van der Waals surface area contributed by atoms with Crippen LogP contribution >= 0.6 is 11.6 Å². The first-order valence-electron chi connectivity index (χ1n) is 8.89. The highest BCUT2D eigenvalue weighted by atomic mass is 35.5. The first-order valence-corrected chi connectivity index (χ1v) is 9.27. The first kappa shape index (κ1) is 18.4. The molecular weight excluding hydrogens is 376 g/mol. The van der Waals surface area contributed by atoms with E-state index in [1.54, 1.807) is 12.1 Å². The van der Waals surface area contributed by atoms with Gasteiger partial charge in [-0.2, -0.15) is 4.98 Å². The minimum absolute atomic E-state index is 0.261. The summed E-state index contributed by atoms with van der Waals surface area (Å²) in [6, 6.07) is 13.2. The van der Waals surface area contributed by atoms with Gasteiger partial charge in [-0.25, -0.2) is 9.79 Å². The van der Waals surface area contributed by atoms with Crippen molar-refractivity contribution >= 4 is 35.4 Å². The van der Waals surface area contributed by atoms with Gasteiger partial charge in [0.25, 0.3) is 0 Å². The average Bonchev–Trinajstić information content (AvgIpc) is 2.64. The Labute approximate surface area is 166 Å². The summed E-state index contributed by atoms with van der Waals surface area (Å²) in [5.74, 6) is 0.405. The second kappa shape index (κ2) is 7.22. The molecule has 0 fully saturated rings. The third-order valence-corrected chi connectivity index (χ3v) is 4.90. The van der Waals surface area contributed by atoms with E-state index in [1.807, 2.05) is 42.2 Å². The topological polar surface area (TPSA) is 81.6 Å². The minimum atomic E-state index is -0.685. The van der Waals surface area contributed by atoms with Crippen LogP contribution in [0.3, 0.4) is 0 Å². The molecule has 2 N–H and O–H groups in total. The van der Waals surface area contributed by atoms with Crippen LogP contribution in [0.15, 0.2) is 52.3 Å². The minimum Gasteiger partial charge on any atom is -0.391 e. The van der Waals surface area contributed by atoms with Crippen LogP contribution < -0.4 is 21.3 Å². The highest BCUT2D eigenvalue weighted by molar-refractivity contribution is 6.30. The van der Waals surface area contributed by atoms with E-state index < -0.39 is 11.8 Å². The normalized spacial score (nSPS) is 13.5. The number of aliphatic hydroxyl groups excluding tert-OH is 1. The molecule has 0 bridgehead atoms. The summed E-state index contributed by atoms with van der Waals surface area (Å²) in [4.78, 5) is 25.1. The molecule has 0 saturated heterocycles. The molecule has 0 spiro atoms. The fourth-order valence-electron chi connectivity index (χ4n) is 3.34. The van der Waals surface area contributed by atoms with Crippen molar-refractivity contribution in [1.29, 1.82) is 0 Å². The number of fused-ring (bicyclic) bond motifs is 2. The quantitative estimate of drug-likeness (QED) is 0.710. The predicted octanol–water partition coefficient (Wildman–Crippen LogP) is 2.15. The van der Waals surface area contributed by atoms with E-state index in [2.05, 4.69) is 21.5 Å². The third kappa shape index (κ3) is 3.56. The number of halogens is 1. The zero-order chi connectivity index (χ0) is 19.8. The fraction of sp³-hybridized carbons (Fsp3) is 0.190. The lowest BCUT2D eigenvalue weighted by molar-refractivity contribution is 0.183. The molecule has 3 aromatic rings. The SMILES string of the molecule is C=c1[nH]c(=O)nc2c1=Nc1ccc(C)cc1N2CC(O)Cc1ccc(Cl)cc1. The molecule has 1 aliphatic heterocycles. The maximum Gasteiger partial charge on any atom is 0.347 e.